The van der Waals surface area contributed by atoms with Crippen molar-refractivity contribution >= 4 is 23.2 Å². The molecule has 0 aliphatic rings. The lowest BCUT2D eigenvalue weighted by Crippen LogP contribution is -2.13. The molecule has 3 aromatic rings. The highest BCUT2D eigenvalue weighted by atomic mass is 35.5. The summed E-state index contributed by atoms with van der Waals surface area (Å²) in [6.07, 6.45) is 4.06. The lowest BCUT2D eigenvalue weighted by Gasteiger charge is -2.14. The highest BCUT2D eigenvalue weighted by Gasteiger charge is 2.17. The number of halogens is 1. The topological polar surface area (TPSA) is 67.0 Å². The molecule has 0 radical (unpaired) electrons. The van der Waals surface area contributed by atoms with Crippen molar-refractivity contribution in [3.63, 3.8) is 0 Å². The second-order valence-electron chi connectivity index (χ2n) is 5.58. The molecule has 1 amide bonds. The van der Waals surface area contributed by atoms with Gasteiger partial charge in [-0.25, -0.2) is 0 Å². The monoisotopic (exact) mass is 365 g/mol. The summed E-state index contributed by atoms with van der Waals surface area (Å²) < 4.78 is 7.23. The molecule has 130 valence electrons. The summed E-state index contributed by atoms with van der Waals surface area (Å²) in [7, 11) is 1.51. The fraction of sp³-hybridized carbons (Fsp3) is 0.100. The Morgan fingerprint density at radius 1 is 1.23 bits per heavy atom. The molecule has 1 heterocycles. The van der Waals surface area contributed by atoms with Crippen LogP contribution >= 0.6 is 11.6 Å². The largest absolute Gasteiger partial charge is 0.496 e. The standard InChI is InChI=1S/C20H16ClN3O2/c1-26-19-13-18(24-10-2-3-11-24)17(21)12-16(19)20(25)23-15-6-4-14(5-7-15)8-9-22/h2-7,10-13H,8H2,1H3,(H,23,25). The normalized spacial score (nSPS) is 10.2. The van der Waals surface area contributed by atoms with Gasteiger partial charge < -0.3 is 14.6 Å². The number of carbonyl (C=O) groups is 1. The van der Waals surface area contributed by atoms with Crippen LogP contribution in [0, 0.1) is 11.3 Å². The van der Waals surface area contributed by atoms with Gasteiger partial charge in [0.15, 0.2) is 0 Å². The lowest BCUT2D eigenvalue weighted by atomic mass is 10.1. The van der Waals surface area contributed by atoms with E-state index in [1.54, 1.807) is 36.4 Å². The Balaban J connectivity index is 1.87. The van der Waals surface area contributed by atoms with Crippen LogP contribution in [0.25, 0.3) is 5.69 Å². The lowest BCUT2D eigenvalue weighted by molar-refractivity contribution is 0.102. The molecule has 0 atom stereocenters. The van der Waals surface area contributed by atoms with Gasteiger partial charge in [0, 0.05) is 24.1 Å². The predicted octanol–water partition coefficient (Wildman–Crippen LogP) is 4.46. The first-order valence-corrected chi connectivity index (χ1v) is 8.28. The number of anilines is 1. The first kappa shape index (κ1) is 17.6. The minimum Gasteiger partial charge on any atom is -0.496 e. The summed E-state index contributed by atoms with van der Waals surface area (Å²) in [5, 5.41) is 12.0. The molecular formula is C20H16ClN3O2. The van der Waals surface area contributed by atoms with Crippen molar-refractivity contribution in [1.29, 1.82) is 5.26 Å². The van der Waals surface area contributed by atoms with Crippen LogP contribution in [0.4, 0.5) is 5.69 Å². The number of nitrogens with one attached hydrogen (secondary N) is 1. The molecule has 0 unspecified atom stereocenters. The number of rotatable bonds is 5. The first-order chi connectivity index (χ1) is 12.6. The Morgan fingerprint density at radius 2 is 1.92 bits per heavy atom. The van der Waals surface area contributed by atoms with E-state index >= 15 is 0 Å². The molecular weight excluding hydrogens is 350 g/mol. The zero-order chi connectivity index (χ0) is 18.5. The van der Waals surface area contributed by atoms with E-state index < -0.39 is 0 Å². The van der Waals surface area contributed by atoms with Gasteiger partial charge in [-0.05, 0) is 35.9 Å². The molecule has 0 saturated carbocycles. The van der Waals surface area contributed by atoms with Gasteiger partial charge in [-0.3, -0.25) is 4.79 Å². The maximum atomic E-state index is 12.6. The Labute approximate surface area is 156 Å². The minimum atomic E-state index is -0.323. The Bertz CT molecular complexity index is 958. The number of nitriles is 1. The van der Waals surface area contributed by atoms with Gasteiger partial charge in [0.25, 0.3) is 5.91 Å². The van der Waals surface area contributed by atoms with Crippen molar-refractivity contribution in [3.05, 3.63) is 77.1 Å². The van der Waals surface area contributed by atoms with Crippen molar-refractivity contribution in [2.24, 2.45) is 0 Å². The summed E-state index contributed by atoms with van der Waals surface area (Å²) in [6.45, 7) is 0. The zero-order valence-electron chi connectivity index (χ0n) is 14.1. The quantitative estimate of drug-likeness (QED) is 0.726. The molecule has 6 heteroatoms. The molecule has 1 N–H and O–H groups in total. The molecule has 3 rings (SSSR count). The fourth-order valence-corrected chi connectivity index (χ4v) is 2.84. The van der Waals surface area contributed by atoms with E-state index in [9.17, 15) is 4.79 Å². The second-order valence-corrected chi connectivity index (χ2v) is 5.99. The van der Waals surface area contributed by atoms with Crippen LogP contribution in [0.5, 0.6) is 5.75 Å². The zero-order valence-corrected chi connectivity index (χ0v) is 14.8. The molecule has 2 aromatic carbocycles. The number of nitrogens with zero attached hydrogens (tertiary/aromatic N) is 2. The van der Waals surface area contributed by atoms with E-state index in [2.05, 4.69) is 11.4 Å². The minimum absolute atomic E-state index is 0.323. The Morgan fingerprint density at radius 3 is 2.54 bits per heavy atom. The number of amides is 1. The highest BCUT2D eigenvalue weighted by molar-refractivity contribution is 6.33. The third-order valence-corrected chi connectivity index (χ3v) is 4.19. The highest BCUT2D eigenvalue weighted by Crippen LogP contribution is 2.30. The van der Waals surface area contributed by atoms with E-state index in [0.717, 1.165) is 11.3 Å². The number of hydrogen-bond acceptors (Lipinski definition) is 3. The third kappa shape index (κ3) is 3.71. The van der Waals surface area contributed by atoms with Gasteiger partial charge in [-0.1, -0.05) is 23.7 Å². The molecule has 26 heavy (non-hydrogen) atoms. The first-order valence-electron chi connectivity index (χ1n) is 7.90. The van der Waals surface area contributed by atoms with Gasteiger partial charge in [0.1, 0.15) is 5.75 Å². The summed E-state index contributed by atoms with van der Waals surface area (Å²) in [5.41, 5.74) is 2.59. The maximum absolute atomic E-state index is 12.6. The SMILES string of the molecule is COc1cc(-n2cccc2)c(Cl)cc1C(=O)Nc1ccc(CC#N)cc1. The van der Waals surface area contributed by atoms with Crippen molar-refractivity contribution in [1.82, 2.24) is 4.57 Å². The average molecular weight is 366 g/mol. The number of ether oxygens (including phenoxy) is 1. The van der Waals surface area contributed by atoms with E-state index in [1.165, 1.54) is 7.11 Å². The number of benzene rings is 2. The summed E-state index contributed by atoms with van der Waals surface area (Å²) >= 11 is 6.37. The van der Waals surface area contributed by atoms with Gasteiger partial charge in [-0.15, -0.1) is 0 Å². The average Bonchev–Trinajstić information content (AvgIpc) is 3.17. The van der Waals surface area contributed by atoms with Crippen LogP contribution in [0.3, 0.4) is 0 Å². The molecule has 5 nitrogen and oxygen atoms in total. The number of aromatic nitrogens is 1. The molecule has 0 aliphatic heterocycles. The molecule has 0 bridgehead atoms. The second kappa shape index (κ2) is 7.77. The van der Waals surface area contributed by atoms with E-state index in [4.69, 9.17) is 21.6 Å². The molecule has 0 spiro atoms. The fourth-order valence-electron chi connectivity index (χ4n) is 2.58. The number of methoxy groups -OCH3 is 1. The van der Waals surface area contributed by atoms with Crippen molar-refractivity contribution in [2.45, 2.75) is 6.42 Å². The van der Waals surface area contributed by atoms with Crippen LogP contribution in [0.2, 0.25) is 5.02 Å². The van der Waals surface area contributed by atoms with Crippen LogP contribution in [0.1, 0.15) is 15.9 Å². The third-order valence-electron chi connectivity index (χ3n) is 3.89. The molecule has 1 aromatic heterocycles. The van der Waals surface area contributed by atoms with Gasteiger partial charge in [0.05, 0.1) is 35.9 Å². The smallest absolute Gasteiger partial charge is 0.259 e. The summed E-state index contributed by atoms with van der Waals surface area (Å²) in [6, 6.07) is 16.3. The van der Waals surface area contributed by atoms with Crippen molar-refractivity contribution in [3.8, 4) is 17.5 Å². The van der Waals surface area contributed by atoms with Crippen LogP contribution in [0.15, 0.2) is 60.9 Å². The maximum Gasteiger partial charge on any atom is 0.259 e. The van der Waals surface area contributed by atoms with Crippen LogP contribution in [-0.4, -0.2) is 17.6 Å². The van der Waals surface area contributed by atoms with Crippen LogP contribution in [-0.2, 0) is 6.42 Å². The van der Waals surface area contributed by atoms with Gasteiger partial charge >= 0.3 is 0 Å². The van der Waals surface area contributed by atoms with E-state index in [-0.39, 0.29) is 5.91 Å². The molecule has 0 saturated heterocycles. The van der Waals surface area contributed by atoms with E-state index in [1.807, 2.05) is 29.1 Å². The number of hydrogen-bond donors (Lipinski definition) is 1. The van der Waals surface area contributed by atoms with Crippen molar-refractivity contribution in [2.75, 3.05) is 12.4 Å². The Kier molecular flexibility index (Phi) is 5.26. The van der Waals surface area contributed by atoms with Crippen LogP contribution < -0.4 is 10.1 Å². The van der Waals surface area contributed by atoms with Gasteiger partial charge in [0.2, 0.25) is 0 Å². The number of carbonyl (C=O) groups excluding carboxylic acids is 1. The molecule has 0 aliphatic carbocycles. The predicted molar refractivity (Wildman–Crippen MR) is 101 cm³/mol. The Hall–Kier alpha value is -3.23. The summed E-state index contributed by atoms with van der Waals surface area (Å²) in [5.74, 6) is 0.104. The van der Waals surface area contributed by atoms with Crippen molar-refractivity contribution < 1.29 is 9.53 Å². The van der Waals surface area contributed by atoms with E-state index in [0.29, 0.717) is 28.4 Å². The summed E-state index contributed by atoms with van der Waals surface area (Å²) in [4.78, 5) is 12.6. The van der Waals surface area contributed by atoms with Gasteiger partial charge in [-0.2, -0.15) is 5.26 Å². The molecule has 0 fully saturated rings.